The molecule has 0 aromatic heterocycles. The van der Waals surface area contributed by atoms with E-state index in [1.165, 1.54) is 0 Å². The van der Waals surface area contributed by atoms with Crippen LogP contribution in [0.3, 0.4) is 0 Å². The van der Waals surface area contributed by atoms with Gasteiger partial charge in [0.05, 0.1) is 0 Å². The Hall–Kier alpha value is -2.28. The monoisotopic (exact) mass is 306 g/mol. The lowest BCUT2D eigenvalue weighted by atomic mass is 9.87. The smallest absolute Gasteiger partial charge is 0.407 e. The molecule has 1 aromatic carbocycles. The summed E-state index contributed by atoms with van der Waals surface area (Å²) in [5.41, 5.74) is 5.93. The molecular formula is C15H22N4O3. The molecular weight excluding hydrogens is 284 g/mol. The van der Waals surface area contributed by atoms with Crippen molar-refractivity contribution in [3.63, 3.8) is 0 Å². The van der Waals surface area contributed by atoms with Crippen LogP contribution in [0, 0.1) is 0 Å². The van der Waals surface area contributed by atoms with E-state index in [1.807, 2.05) is 30.3 Å². The molecule has 0 radical (unpaired) electrons. The van der Waals surface area contributed by atoms with E-state index in [2.05, 4.69) is 16.0 Å². The van der Waals surface area contributed by atoms with E-state index < -0.39 is 6.03 Å². The van der Waals surface area contributed by atoms with Crippen LogP contribution in [0.5, 0.6) is 0 Å². The fourth-order valence-corrected chi connectivity index (χ4v) is 2.30. The van der Waals surface area contributed by atoms with Gasteiger partial charge >= 0.3 is 12.1 Å². The highest BCUT2D eigenvalue weighted by Crippen LogP contribution is 2.19. The first kappa shape index (κ1) is 16.1. The number of hydrogen-bond acceptors (Lipinski definition) is 4. The second-order valence-corrected chi connectivity index (χ2v) is 5.32. The molecule has 7 heteroatoms. The molecule has 7 nitrogen and oxygen atoms in total. The van der Waals surface area contributed by atoms with E-state index in [1.54, 1.807) is 0 Å². The van der Waals surface area contributed by atoms with Gasteiger partial charge in [-0.1, -0.05) is 30.3 Å². The molecule has 1 saturated carbocycles. The number of carbonyl (C=O) groups excluding carboxylic acids is 2. The fourth-order valence-electron chi connectivity index (χ4n) is 2.30. The summed E-state index contributed by atoms with van der Waals surface area (Å²) in [6.07, 6.45) is 1.33. The van der Waals surface area contributed by atoms with Gasteiger partial charge in [-0.25, -0.2) is 9.59 Å². The van der Waals surface area contributed by atoms with Gasteiger partial charge in [-0.15, -0.1) is 0 Å². The molecule has 0 saturated heterocycles. The first-order valence-electron chi connectivity index (χ1n) is 7.37. The van der Waals surface area contributed by atoms with Crippen LogP contribution in [0.1, 0.15) is 18.4 Å². The van der Waals surface area contributed by atoms with E-state index in [9.17, 15) is 9.59 Å². The lowest BCUT2D eigenvalue weighted by Crippen LogP contribution is -2.53. The third-order valence-corrected chi connectivity index (χ3v) is 3.53. The van der Waals surface area contributed by atoms with Gasteiger partial charge in [0.25, 0.3) is 0 Å². The molecule has 0 heterocycles. The number of urea groups is 1. The van der Waals surface area contributed by atoms with Crippen LogP contribution in [0.4, 0.5) is 9.59 Å². The largest absolute Gasteiger partial charge is 0.445 e. The Labute approximate surface area is 129 Å². The molecule has 1 aromatic rings. The van der Waals surface area contributed by atoms with Crippen LogP contribution >= 0.6 is 0 Å². The molecule has 22 heavy (non-hydrogen) atoms. The molecule has 0 spiro atoms. The highest BCUT2D eigenvalue weighted by molar-refractivity contribution is 5.71. The number of hydrogen-bond donors (Lipinski definition) is 4. The van der Waals surface area contributed by atoms with E-state index in [-0.39, 0.29) is 18.7 Å². The summed E-state index contributed by atoms with van der Waals surface area (Å²) in [7, 11) is 0. The molecule has 1 aliphatic rings. The molecule has 1 aliphatic carbocycles. The van der Waals surface area contributed by atoms with Gasteiger partial charge in [-0.05, 0) is 18.4 Å². The van der Waals surface area contributed by atoms with Crippen molar-refractivity contribution in [2.45, 2.75) is 31.5 Å². The van der Waals surface area contributed by atoms with Crippen molar-refractivity contribution < 1.29 is 14.3 Å². The lowest BCUT2D eigenvalue weighted by molar-refractivity contribution is 0.125. The van der Waals surface area contributed by atoms with Crippen LogP contribution in [0.25, 0.3) is 0 Å². The molecule has 1 fully saturated rings. The highest BCUT2D eigenvalue weighted by Gasteiger charge is 2.30. The van der Waals surface area contributed by atoms with Crippen LogP contribution in [-0.2, 0) is 11.3 Å². The van der Waals surface area contributed by atoms with Crippen molar-refractivity contribution in [2.24, 2.45) is 5.73 Å². The zero-order valence-electron chi connectivity index (χ0n) is 12.4. The first-order chi connectivity index (χ1) is 10.6. The second-order valence-electron chi connectivity index (χ2n) is 5.32. The number of nitrogens with two attached hydrogens (primary N) is 1. The molecule has 0 unspecified atom stereocenters. The van der Waals surface area contributed by atoms with Gasteiger partial charge in [0.1, 0.15) is 6.61 Å². The number of amides is 3. The zero-order valence-corrected chi connectivity index (χ0v) is 12.4. The third-order valence-electron chi connectivity index (χ3n) is 3.53. The van der Waals surface area contributed by atoms with Gasteiger partial charge in [-0.2, -0.15) is 0 Å². The van der Waals surface area contributed by atoms with Crippen LogP contribution < -0.4 is 21.7 Å². The van der Waals surface area contributed by atoms with Crippen LogP contribution in [-0.4, -0.2) is 37.3 Å². The summed E-state index contributed by atoms with van der Waals surface area (Å²) in [5.74, 6) is 0. The molecule has 5 N–H and O–H groups in total. The fraction of sp³-hybridized carbons (Fsp3) is 0.467. The Kier molecular flexibility index (Phi) is 6.02. The maximum absolute atomic E-state index is 11.6. The predicted octanol–water partition coefficient (Wildman–Crippen LogP) is 0.702. The SMILES string of the molecule is NC(=O)NCCNC1CC(NC(=O)OCc2ccccc2)C1. The Morgan fingerprint density at radius 2 is 1.86 bits per heavy atom. The molecule has 0 bridgehead atoms. The quantitative estimate of drug-likeness (QED) is 0.556. The average Bonchev–Trinajstić information content (AvgIpc) is 2.47. The number of ether oxygens (including phenoxy) is 1. The molecule has 2 rings (SSSR count). The van der Waals surface area contributed by atoms with Crippen molar-refractivity contribution in [1.29, 1.82) is 0 Å². The lowest BCUT2D eigenvalue weighted by Gasteiger charge is -2.36. The molecule has 120 valence electrons. The minimum absolute atomic E-state index is 0.143. The zero-order chi connectivity index (χ0) is 15.8. The van der Waals surface area contributed by atoms with Crippen molar-refractivity contribution in [2.75, 3.05) is 13.1 Å². The minimum atomic E-state index is -0.517. The van der Waals surface area contributed by atoms with Crippen molar-refractivity contribution in [1.82, 2.24) is 16.0 Å². The van der Waals surface area contributed by atoms with Gasteiger partial charge in [0.15, 0.2) is 0 Å². The maximum Gasteiger partial charge on any atom is 0.407 e. The van der Waals surface area contributed by atoms with Crippen LogP contribution in [0.2, 0.25) is 0 Å². The molecule has 3 amide bonds. The first-order valence-corrected chi connectivity index (χ1v) is 7.37. The van der Waals surface area contributed by atoms with E-state index in [0.717, 1.165) is 18.4 Å². The van der Waals surface area contributed by atoms with Gasteiger partial charge in [0, 0.05) is 25.2 Å². The standard InChI is InChI=1S/C15H22N4O3/c16-14(20)18-7-6-17-12-8-13(9-12)19-15(21)22-10-11-4-2-1-3-5-11/h1-5,12-13,17H,6-10H2,(H,19,21)(H3,16,18,20). The summed E-state index contributed by atoms with van der Waals surface area (Å²) in [6, 6.07) is 9.55. The van der Waals surface area contributed by atoms with Gasteiger partial charge in [-0.3, -0.25) is 0 Å². The van der Waals surface area contributed by atoms with Gasteiger partial charge in [0.2, 0.25) is 0 Å². The summed E-state index contributed by atoms with van der Waals surface area (Å²) < 4.78 is 5.16. The molecule has 0 atom stereocenters. The second kappa shape index (κ2) is 8.23. The number of primary amides is 1. The predicted molar refractivity (Wildman–Crippen MR) is 82.2 cm³/mol. The van der Waals surface area contributed by atoms with Crippen molar-refractivity contribution in [3.8, 4) is 0 Å². The van der Waals surface area contributed by atoms with E-state index in [4.69, 9.17) is 10.5 Å². The number of nitrogens with one attached hydrogen (secondary N) is 3. The summed E-state index contributed by atoms with van der Waals surface area (Å²) in [5, 5.41) is 8.62. The van der Waals surface area contributed by atoms with Crippen LogP contribution in [0.15, 0.2) is 30.3 Å². The third kappa shape index (κ3) is 5.61. The Morgan fingerprint density at radius 1 is 1.14 bits per heavy atom. The normalized spacial score (nSPS) is 19.8. The topological polar surface area (TPSA) is 105 Å². The average molecular weight is 306 g/mol. The summed E-state index contributed by atoms with van der Waals surface area (Å²) in [4.78, 5) is 22.1. The Morgan fingerprint density at radius 3 is 2.55 bits per heavy atom. The molecule has 0 aliphatic heterocycles. The Balaban J connectivity index is 1.52. The van der Waals surface area contributed by atoms with E-state index >= 15 is 0 Å². The van der Waals surface area contributed by atoms with Crippen molar-refractivity contribution in [3.05, 3.63) is 35.9 Å². The number of carbonyl (C=O) groups is 2. The highest BCUT2D eigenvalue weighted by atomic mass is 16.5. The summed E-state index contributed by atoms with van der Waals surface area (Å²) in [6.45, 7) is 1.45. The van der Waals surface area contributed by atoms with Crippen molar-refractivity contribution >= 4 is 12.1 Å². The summed E-state index contributed by atoms with van der Waals surface area (Å²) >= 11 is 0. The number of alkyl carbamates (subject to hydrolysis) is 1. The maximum atomic E-state index is 11.6. The van der Waals surface area contributed by atoms with Gasteiger partial charge < -0.3 is 26.4 Å². The number of benzene rings is 1. The minimum Gasteiger partial charge on any atom is -0.445 e. The number of rotatable bonds is 7. The Bertz CT molecular complexity index is 489. The van der Waals surface area contributed by atoms with E-state index in [0.29, 0.717) is 19.1 Å².